The first-order valence-electron chi connectivity index (χ1n) is 8.12. The molecule has 0 saturated heterocycles. The Hall–Kier alpha value is -2.86. The van der Waals surface area contributed by atoms with Crippen LogP contribution in [0.2, 0.25) is 0 Å². The summed E-state index contributed by atoms with van der Waals surface area (Å²) in [4.78, 5) is 16.8. The average molecular weight is 368 g/mol. The molecular weight excluding hydrogens is 348 g/mol. The van der Waals surface area contributed by atoms with Crippen molar-refractivity contribution >= 4 is 22.9 Å². The van der Waals surface area contributed by atoms with Gasteiger partial charge in [0.1, 0.15) is 0 Å². The number of nitrogens with one attached hydrogen (secondary N) is 1. The van der Waals surface area contributed by atoms with E-state index in [1.54, 1.807) is 31.6 Å². The summed E-state index contributed by atoms with van der Waals surface area (Å²) >= 11 is 1.62. The first-order valence-corrected chi connectivity index (χ1v) is 9.00. The summed E-state index contributed by atoms with van der Waals surface area (Å²) in [5, 5.41) is 5.97. The van der Waals surface area contributed by atoms with Crippen molar-refractivity contribution < 1.29 is 14.3 Å². The highest BCUT2D eigenvalue weighted by molar-refractivity contribution is 7.09. The summed E-state index contributed by atoms with van der Waals surface area (Å²) in [5.74, 6) is 1.17. The molecule has 0 unspecified atom stereocenters. The third-order valence-corrected chi connectivity index (χ3v) is 4.67. The number of hydrogen-bond acceptors (Lipinski definition) is 5. The molecule has 1 amide bonds. The molecule has 0 fully saturated rings. The molecule has 3 rings (SSSR count). The van der Waals surface area contributed by atoms with Crippen molar-refractivity contribution in [3.05, 3.63) is 58.4 Å². The minimum absolute atomic E-state index is 0.0885. The van der Waals surface area contributed by atoms with Crippen molar-refractivity contribution in [3.8, 4) is 22.8 Å². The van der Waals surface area contributed by atoms with E-state index in [-0.39, 0.29) is 12.3 Å². The average Bonchev–Trinajstić information content (AvgIpc) is 3.08. The van der Waals surface area contributed by atoms with Gasteiger partial charge in [-0.2, -0.15) is 0 Å². The Morgan fingerprint density at radius 1 is 1.08 bits per heavy atom. The molecule has 0 bridgehead atoms. The van der Waals surface area contributed by atoms with Crippen LogP contribution in [0, 0.1) is 6.92 Å². The first-order chi connectivity index (χ1) is 12.6. The zero-order valence-electron chi connectivity index (χ0n) is 14.9. The molecule has 2 aromatic carbocycles. The van der Waals surface area contributed by atoms with Gasteiger partial charge >= 0.3 is 0 Å². The van der Waals surface area contributed by atoms with Crippen LogP contribution in [0.4, 0.5) is 5.69 Å². The topological polar surface area (TPSA) is 60.5 Å². The van der Waals surface area contributed by atoms with E-state index >= 15 is 0 Å². The van der Waals surface area contributed by atoms with Gasteiger partial charge in [-0.25, -0.2) is 4.98 Å². The fourth-order valence-corrected chi connectivity index (χ4v) is 3.22. The van der Waals surface area contributed by atoms with Crippen molar-refractivity contribution in [2.24, 2.45) is 0 Å². The molecule has 1 aromatic heterocycles. The molecule has 0 spiro atoms. The summed E-state index contributed by atoms with van der Waals surface area (Å²) in [6.07, 6.45) is 0.257. The second-order valence-corrected chi connectivity index (χ2v) is 6.81. The number of amides is 1. The summed E-state index contributed by atoms with van der Waals surface area (Å²) in [6, 6.07) is 13.2. The summed E-state index contributed by atoms with van der Waals surface area (Å²) in [6.45, 7) is 1.98. The van der Waals surface area contributed by atoms with E-state index in [2.05, 4.69) is 10.3 Å². The molecule has 0 radical (unpaired) electrons. The van der Waals surface area contributed by atoms with E-state index < -0.39 is 0 Å². The largest absolute Gasteiger partial charge is 0.493 e. The maximum atomic E-state index is 12.3. The van der Waals surface area contributed by atoms with Crippen molar-refractivity contribution in [3.63, 3.8) is 0 Å². The van der Waals surface area contributed by atoms with Crippen molar-refractivity contribution in [1.82, 2.24) is 4.98 Å². The number of hydrogen-bond donors (Lipinski definition) is 1. The number of ether oxygens (including phenoxy) is 2. The summed E-state index contributed by atoms with van der Waals surface area (Å²) < 4.78 is 10.5. The standard InChI is InChI=1S/C20H20N2O3S/c1-13-21-17(12-26-13)15-5-7-16(8-6-15)22-20(23)11-14-4-9-18(24-2)19(10-14)25-3/h4-10,12H,11H2,1-3H3,(H,22,23). The van der Waals surface area contributed by atoms with E-state index in [0.717, 1.165) is 27.5 Å². The van der Waals surface area contributed by atoms with Crippen LogP contribution in [0.3, 0.4) is 0 Å². The van der Waals surface area contributed by atoms with Gasteiger partial charge in [0.15, 0.2) is 11.5 Å². The van der Waals surface area contributed by atoms with Crippen LogP contribution in [0.15, 0.2) is 47.8 Å². The maximum absolute atomic E-state index is 12.3. The number of rotatable bonds is 6. The highest BCUT2D eigenvalue weighted by Crippen LogP contribution is 2.28. The Labute approximate surface area is 156 Å². The van der Waals surface area contributed by atoms with Crippen LogP contribution in [0.25, 0.3) is 11.3 Å². The van der Waals surface area contributed by atoms with Crippen molar-refractivity contribution in [2.45, 2.75) is 13.3 Å². The molecule has 1 N–H and O–H groups in total. The quantitative estimate of drug-likeness (QED) is 0.704. The molecule has 5 nitrogen and oxygen atoms in total. The Bertz CT molecular complexity index is 904. The molecule has 0 aliphatic heterocycles. The number of carbonyl (C=O) groups is 1. The maximum Gasteiger partial charge on any atom is 0.228 e. The highest BCUT2D eigenvalue weighted by Gasteiger charge is 2.09. The Morgan fingerprint density at radius 2 is 1.81 bits per heavy atom. The molecule has 26 heavy (non-hydrogen) atoms. The molecule has 6 heteroatoms. The van der Waals surface area contributed by atoms with Gasteiger partial charge in [0.2, 0.25) is 5.91 Å². The molecule has 134 valence electrons. The lowest BCUT2D eigenvalue weighted by Crippen LogP contribution is -2.14. The minimum atomic E-state index is -0.0885. The smallest absolute Gasteiger partial charge is 0.228 e. The van der Waals surface area contributed by atoms with Gasteiger partial charge in [-0.1, -0.05) is 18.2 Å². The fraction of sp³-hybridized carbons (Fsp3) is 0.200. The SMILES string of the molecule is COc1ccc(CC(=O)Nc2ccc(-c3csc(C)n3)cc2)cc1OC. The van der Waals surface area contributed by atoms with Crippen LogP contribution < -0.4 is 14.8 Å². The first kappa shape index (κ1) is 17.9. The number of benzene rings is 2. The van der Waals surface area contributed by atoms with Gasteiger partial charge in [-0.15, -0.1) is 11.3 Å². The van der Waals surface area contributed by atoms with E-state index in [9.17, 15) is 4.79 Å². The lowest BCUT2D eigenvalue weighted by Gasteiger charge is -2.10. The highest BCUT2D eigenvalue weighted by atomic mass is 32.1. The Morgan fingerprint density at radius 3 is 2.42 bits per heavy atom. The van der Waals surface area contributed by atoms with Crippen molar-refractivity contribution in [1.29, 1.82) is 0 Å². The summed E-state index contributed by atoms with van der Waals surface area (Å²) in [7, 11) is 3.16. The number of aryl methyl sites for hydroxylation is 1. The molecule has 1 heterocycles. The normalized spacial score (nSPS) is 10.4. The van der Waals surface area contributed by atoms with Gasteiger partial charge in [0.05, 0.1) is 31.3 Å². The number of carbonyl (C=O) groups excluding carboxylic acids is 1. The number of anilines is 1. The predicted octanol–water partition coefficient (Wildman–Crippen LogP) is 4.32. The zero-order valence-corrected chi connectivity index (χ0v) is 15.7. The molecule has 0 saturated carbocycles. The lowest BCUT2D eigenvalue weighted by atomic mass is 10.1. The van der Waals surface area contributed by atoms with Gasteiger partial charge in [-0.3, -0.25) is 4.79 Å². The third-order valence-electron chi connectivity index (χ3n) is 3.90. The number of nitrogens with zero attached hydrogens (tertiary/aromatic N) is 1. The third kappa shape index (κ3) is 4.21. The molecule has 0 aliphatic carbocycles. The summed E-state index contributed by atoms with van der Waals surface area (Å²) in [5.41, 5.74) is 3.60. The molecule has 0 atom stereocenters. The second kappa shape index (κ2) is 8.01. The Kier molecular flexibility index (Phi) is 5.53. The molecular formula is C20H20N2O3S. The van der Waals surface area contributed by atoms with E-state index in [0.29, 0.717) is 11.5 Å². The van der Waals surface area contributed by atoms with Gasteiger partial charge < -0.3 is 14.8 Å². The van der Waals surface area contributed by atoms with E-state index in [1.807, 2.05) is 48.7 Å². The van der Waals surface area contributed by atoms with Crippen molar-refractivity contribution in [2.75, 3.05) is 19.5 Å². The van der Waals surface area contributed by atoms with Crippen LogP contribution >= 0.6 is 11.3 Å². The molecule has 3 aromatic rings. The number of aromatic nitrogens is 1. The van der Waals surface area contributed by atoms with Gasteiger partial charge in [-0.05, 0) is 36.8 Å². The van der Waals surface area contributed by atoms with Crippen LogP contribution in [-0.4, -0.2) is 25.1 Å². The zero-order chi connectivity index (χ0) is 18.5. The lowest BCUT2D eigenvalue weighted by molar-refractivity contribution is -0.115. The number of methoxy groups -OCH3 is 2. The minimum Gasteiger partial charge on any atom is -0.493 e. The van der Waals surface area contributed by atoms with Crippen LogP contribution in [0.5, 0.6) is 11.5 Å². The number of thiazole rings is 1. The van der Waals surface area contributed by atoms with Crippen LogP contribution in [0.1, 0.15) is 10.6 Å². The van der Waals surface area contributed by atoms with E-state index in [4.69, 9.17) is 9.47 Å². The monoisotopic (exact) mass is 368 g/mol. The van der Waals surface area contributed by atoms with Gasteiger partial charge in [0, 0.05) is 16.6 Å². The van der Waals surface area contributed by atoms with Gasteiger partial charge in [0.25, 0.3) is 0 Å². The predicted molar refractivity (Wildman–Crippen MR) is 104 cm³/mol. The van der Waals surface area contributed by atoms with E-state index in [1.165, 1.54) is 0 Å². The molecule has 0 aliphatic rings. The second-order valence-electron chi connectivity index (χ2n) is 5.74. The fourth-order valence-electron chi connectivity index (χ4n) is 2.60. The van der Waals surface area contributed by atoms with Crippen LogP contribution in [-0.2, 0) is 11.2 Å². The Balaban J connectivity index is 1.64.